The molecule has 1 amide bonds. The minimum atomic E-state index is -3.18. The Hall–Kier alpha value is -1.56. The summed E-state index contributed by atoms with van der Waals surface area (Å²) in [6, 6.07) is 1.83. The standard InChI is InChI=1S/C14H16BrN5O3S2/c1-25(22,23)20-4-2-19(3-5-20)9-6-10(12(13(16)21)17-7-9)14-18-11(15)8-24-14/h6-8H,2-5H2,1H3,(H2,16,21). The Bertz CT molecular complexity index is 907. The lowest BCUT2D eigenvalue weighted by Gasteiger charge is -2.34. The van der Waals surface area contributed by atoms with Crippen molar-refractivity contribution in [3.8, 4) is 10.6 Å². The number of nitrogens with two attached hydrogens (primary N) is 1. The molecule has 0 radical (unpaired) electrons. The van der Waals surface area contributed by atoms with Crippen LogP contribution in [-0.2, 0) is 10.0 Å². The van der Waals surface area contributed by atoms with E-state index >= 15 is 0 Å². The molecule has 2 N–H and O–H groups in total. The molecule has 3 heterocycles. The number of carbonyl (C=O) groups is 1. The Balaban J connectivity index is 1.90. The van der Waals surface area contributed by atoms with Gasteiger partial charge in [-0.25, -0.2) is 18.4 Å². The van der Waals surface area contributed by atoms with Gasteiger partial charge in [-0.1, -0.05) is 0 Å². The number of amides is 1. The van der Waals surface area contributed by atoms with Gasteiger partial charge < -0.3 is 10.6 Å². The second kappa shape index (κ2) is 6.98. The fourth-order valence-electron chi connectivity index (χ4n) is 2.64. The second-order valence-electron chi connectivity index (χ2n) is 5.58. The smallest absolute Gasteiger partial charge is 0.268 e. The summed E-state index contributed by atoms with van der Waals surface area (Å²) in [7, 11) is -3.18. The van der Waals surface area contributed by atoms with Crippen molar-refractivity contribution < 1.29 is 13.2 Å². The Morgan fingerprint density at radius 2 is 2.00 bits per heavy atom. The molecule has 0 unspecified atom stereocenters. The minimum Gasteiger partial charge on any atom is -0.368 e. The van der Waals surface area contributed by atoms with Crippen LogP contribution in [0.5, 0.6) is 0 Å². The van der Waals surface area contributed by atoms with Crippen LogP contribution in [0.2, 0.25) is 0 Å². The van der Waals surface area contributed by atoms with E-state index in [1.165, 1.54) is 21.9 Å². The zero-order chi connectivity index (χ0) is 18.2. The van der Waals surface area contributed by atoms with Crippen LogP contribution in [0.15, 0.2) is 22.2 Å². The maximum Gasteiger partial charge on any atom is 0.268 e. The van der Waals surface area contributed by atoms with E-state index in [-0.39, 0.29) is 5.69 Å². The summed E-state index contributed by atoms with van der Waals surface area (Å²) in [5.74, 6) is -0.616. The quantitative estimate of drug-likeness (QED) is 0.755. The average Bonchev–Trinajstić information content (AvgIpc) is 3.00. The highest BCUT2D eigenvalue weighted by molar-refractivity contribution is 9.10. The number of carbonyl (C=O) groups excluding carboxylic acids is 1. The molecular formula is C14H16BrN5O3S2. The van der Waals surface area contributed by atoms with Crippen LogP contribution in [0.4, 0.5) is 5.69 Å². The number of rotatable bonds is 4. The lowest BCUT2D eigenvalue weighted by atomic mass is 10.1. The second-order valence-corrected chi connectivity index (χ2v) is 9.23. The minimum absolute atomic E-state index is 0.167. The lowest BCUT2D eigenvalue weighted by Crippen LogP contribution is -2.48. The van der Waals surface area contributed by atoms with Gasteiger partial charge in [0.2, 0.25) is 10.0 Å². The predicted octanol–water partition coefficient (Wildman–Crippen LogP) is 1.15. The molecule has 134 valence electrons. The van der Waals surface area contributed by atoms with Gasteiger partial charge >= 0.3 is 0 Å². The average molecular weight is 446 g/mol. The first kappa shape index (κ1) is 18.2. The Morgan fingerprint density at radius 1 is 1.32 bits per heavy atom. The van der Waals surface area contributed by atoms with Gasteiger partial charge in [0.1, 0.15) is 15.3 Å². The molecule has 2 aromatic rings. The molecule has 2 aromatic heterocycles. The molecule has 0 atom stereocenters. The van der Waals surface area contributed by atoms with E-state index in [1.807, 2.05) is 16.3 Å². The van der Waals surface area contributed by atoms with Gasteiger partial charge in [-0.05, 0) is 22.0 Å². The van der Waals surface area contributed by atoms with Crippen LogP contribution in [-0.4, -0.2) is 61.0 Å². The highest BCUT2D eigenvalue weighted by Crippen LogP contribution is 2.31. The first-order valence-corrected chi connectivity index (χ1v) is 10.9. The number of nitrogens with zero attached hydrogens (tertiary/aromatic N) is 4. The summed E-state index contributed by atoms with van der Waals surface area (Å²) in [6.45, 7) is 1.92. The highest BCUT2D eigenvalue weighted by atomic mass is 79.9. The fourth-order valence-corrected chi connectivity index (χ4v) is 4.74. The summed E-state index contributed by atoms with van der Waals surface area (Å²) in [4.78, 5) is 22.3. The first-order chi connectivity index (χ1) is 11.8. The van der Waals surface area contributed by atoms with E-state index in [0.717, 1.165) is 5.69 Å². The Labute approximate surface area is 157 Å². The maximum atomic E-state index is 11.7. The van der Waals surface area contributed by atoms with Crippen LogP contribution < -0.4 is 10.6 Å². The van der Waals surface area contributed by atoms with E-state index in [9.17, 15) is 13.2 Å². The van der Waals surface area contributed by atoms with Crippen LogP contribution in [0.3, 0.4) is 0 Å². The van der Waals surface area contributed by atoms with Gasteiger partial charge in [0, 0.05) is 37.1 Å². The summed E-state index contributed by atoms with van der Waals surface area (Å²) in [5.41, 5.74) is 6.98. The third kappa shape index (κ3) is 4.00. The van der Waals surface area contributed by atoms with Crippen LogP contribution in [0.1, 0.15) is 10.5 Å². The van der Waals surface area contributed by atoms with Gasteiger partial charge in [-0.15, -0.1) is 11.3 Å². The van der Waals surface area contributed by atoms with Gasteiger partial charge in [0.25, 0.3) is 5.91 Å². The molecule has 1 aliphatic heterocycles. The van der Waals surface area contributed by atoms with Crippen LogP contribution in [0, 0.1) is 0 Å². The molecule has 0 saturated carbocycles. The maximum absolute atomic E-state index is 11.7. The Kier molecular flexibility index (Phi) is 5.09. The van der Waals surface area contributed by atoms with Crippen molar-refractivity contribution in [2.45, 2.75) is 0 Å². The van der Waals surface area contributed by atoms with Crippen LogP contribution >= 0.6 is 27.3 Å². The summed E-state index contributed by atoms with van der Waals surface area (Å²) < 4.78 is 25.4. The van der Waals surface area contributed by atoms with Gasteiger partial charge in [0.15, 0.2) is 0 Å². The number of thiazole rings is 1. The van der Waals surface area contributed by atoms with Crippen molar-refractivity contribution in [2.75, 3.05) is 37.3 Å². The SMILES string of the molecule is CS(=O)(=O)N1CCN(c2cnc(C(N)=O)c(-c3nc(Br)cs3)c2)CC1. The summed E-state index contributed by atoms with van der Waals surface area (Å²) in [5, 5.41) is 2.46. The van der Waals surface area contributed by atoms with E-state index in [2.05, 4.69) is 25.9 Å². The van der Waals surface area contributed by atoms with E-state index in [0.29, 0.717) is 41.4 Å². The molecular weight excluding hydrogens is 430 g/mol. The van der Waals surface area contributed by atoms with E-state index in [1.54, 1.807) is 6.20 Å². The molecule has 1 fully saturated rings. The van der Waals surface area contributed by atoms with Crippen molar-refractivity contribution in [1.82, 2.24) is 14.3 Å². The highest BCUT2D eigenvalue weighted by Gasteiger charge is 2.25. The largest absolute Gasteiger partial charge is 0.368 e. The van der Waals surface area contributed by atoms with E-state index < -0.39 is 15.9 Å². The number of halogens is 1. The topological polar surface area (TPSA) is 109 Å². The number of hydrogen-bond acceptors (Lipinski definition) is 7. The summed E-state index contributed by atoms with van der Waals surface area (Å²) in [6.07, 6.45) is 2.80. The molecule has 11 heteroatoms. The number of sulfonamides is 1. The first-order valence-electron chi connectivity index (χ1n) is 7.37. The number of anilines is 1. The van der Waals surface area contributed by atoms with Crippen LogP contribution in [0.25, 0.3) is 10.6 Å². The Morgan fingerprint density at radius 3 is 2.52 bits per heavy atom. The molecule has 8 nitrogen and oxygen atoms in total. The van der Waals surface area contributed by atoms with Crippen molar-refractivity contribution in [1.29, 1.82) is 0 Å². The third-order valence-corrected chi connectivity index (χ3v) is 6.77. The number of piperazine rings is 1. The molecule has 0 bridgehead atoms. The third-order valence-electron chi connectivity index (χ3n) is 3.89. The molecule has 1 saturated heterocycles. The molecule has 0 aromatic carbocycles. The number of hydrogen-bond donors (Lipinski definition) is 1. The van der Waals surface area contributed by atoms with Crippen molar-refractivity contribution in [2.24, 2.45) is 5.73 Å². The van der Waals surface area contributed by atoms with Gasteiger partial charge in [0.05, 0.1) is 18.1 Å². The molecule has 25 heavy (non-hydrogen) atoms. The lowest BCUT2D eigenvalue weighted by molar-refractivity contribution is 0.0996. The summed E-state index contributed by atoms with van der Waals surface area (Å²) >= 11 is 4.68. The molecule has 1 aliphatic rings. The number of aromatic nitrogens is 2. The fraction of sp³-hybridized carbons (Fsp3) is 0.357. The zero-order valence-corrected chi connectivity index (χ0v) is 16.6. The molecule has 0 spiro atoms. The van der Waals surface area contributed by atoms with Crippen molar-refractivity contribution in [3.63, 3.8) is 0 Å². The number of pyridine rings is 1. The van der Waals surface area contributed by atoms with Crippen molar-refractivity contribution >= 4 is 48.9 Å². The molecule has 3 rings (SSSR count). The number of primary amides is 1. The normalized spacial score (nSPS) is 16.2. The predicted molar refractivity (Wildman–Crippen MR) is 100 cm³/mol. The van der Waals surface area contributed by atoms with Crippen molar-refractivity contribution in [3.05, 3.63) is 27.9 Å². The van der Waals surface area contributed by atoms with E-state index in [4.69, 9.17) is 5.73 Å². The van der Waals surface area contributed by atoms with Gasteiger partial charge in [-0.2, -0.15) is 4.31 Å². The molecule has 0 aliphatic carbocycles. The monoisotopic (exact) mass is 445 g/mol. The zero-order valence-electron chi connectivity index (χ0n) is 13.3. The van der Waals surface area contributed by atoms with Gasteiger partial charge in [-0.3, -0.25) is 4.79 Å².